The molecular formula is C16H25ClN2O2. The lowest BCUT2D eigenvalue weighted by molar-refractivity contribution is 0.101. The average Bonchev–Trinajstić information content (AvgIpc) is 2.37. The number of benzene rings is 1. The molecule has 118 valence electrons. The summed E-state index contributed by atoms with van der Waals surface area (Å²) in [4.78, 5) is 15.9. The highest BCUT2D eigenvalue weighted by Gasteiger charge is 2.18. The van der Waals surface area contributed by atoms with Crippen molar-refractivity contribution in [2.75, 3.05) is 27.2 Å². The number of hydrogen-bond acceptors (Lipinski definition) is 4. The minimum absolute atomic E-state index is 0.0439. The molecule has 1 unspecified atom stereocenters. The zero-order valence-corrected chi connectivity index (χ0v) is 14.2. The molecule has 0 aliphatic carbocycles. The highest BCUT2D eigenvalue weighted by atomic mass is 35.5. The van der Waals surface area contributed by atoms with E-state index >= 15 is 0 Å². The molecule has 1 aromatic rings. The molecule has 0 amide bonds. The second-order valence-electron chi connectivity index (χ2n) is 5.69. The molecule has 1 aromatic carbocycles. The normalized spacial score (nSPS) is 13.0. The molecule has 0 saturated heterocycles. The molecular weight excluding hydrogens is 288 g/mol. The van der Waals surface area contributed by atoms with Crippen LogP contribution in [0.25, 0.3) is 0 Å². The fourth-order valence-electron chi connectivity index (χ4n) is 2.49. The number of rotatable bonds is 7. The third kappa shape index (κ3) is 4.99. The molecule has 0 radical (unpaired) electrons. The van der Waals surface area contributed by atoms with Crippen molar-refractivity contribution >= 4 is 17.4 Å². The number of phenols is 1. The van der Waals surface area contributed by atoms with Crippen LogP contribution in [-0.4, -0.2) is 53.9 Å². The number of Topliss-reactive ketones (excluding diaryl/α,β-unsaturated/α-hetero) is 1. The maximum atomic E-state index is 11.6. The molecule has 0 fully saturated rings. The van der Waals surface area contributed by atoms with Crippen molar-refractivity contribution in [3.05, 3.63) is 28.3 Å². The third-order valence-corrected chi connectivity index (χ3v) is 3.78. The number of phenolic OH excluding ortho intramolecular Hbond substituents is 1. The largest absolute Gasteiger partial charge is 0.507 e. The first-order chi connectivity index (χ1) is 9.76. The monoisotopic (exact) mass is 312 g/mol. The van der Waals surface area contributed by atoms with Gasteiger partial charge in [0.05, 0.1) is 5.56 Å². The van der Waals surface area contributed by atoms with E-state index in [4.69, 9.17) is 11.6 Å². The Morgan fingerprint density at radius 2 is 2.00 bits per heavy atom. The maximum absolute atomic E-state index is 11.6. The Morgan fingerprint density at radius 3 is 2.48 bits per heavy atom. The van der Waals surface area contributed by atoms with Gasteiger partial charge in [-0.25, -0.2) is 0 Å². The number of ketones is 1. The number of halogens is 1. The summed E-state index contributed by atoms with van der Waals surface area (Å²) in [6, 6.07) is 3.58. The van der Waals surface area contributed by atoms with Crippen LogP contribution in [0.5, 0.6) is 5.75 Å². The molecule has 5 heteroatoms. The topological polar surface area (TPSA) is 43.8 Å². The van der Waals surface area contributed by atoms with Gasteiger partial charge in [0.1, 0.15) is 5.75 Å². The highest BCUT2D eigenvalue weighted by molar-refractivity contribution is 6.31. The van der Waals surface area contributed by atoms with Gasteiger partial charge in [0.25, 0.3) is 0 Å². The van der Waals surface area contributed by atoms with E-state index in [1.807, 2.05) is 14.1 Å². The van der Waals surface area contributed by atoms with Crippen molar-refractivity contribution in [1.82, 2.24) is 9.80 Å². The molecule has 0 aliphatic heterocycles. The van der Waals surface area contributed by atoms with Gasteiger partial charge < -0.3 is 10.0 Å². The lowest BCUT2D eigenvalue weighted by Crippen LogP contribution is -2.39. The summed E-state index contributed by atoms with van der Waals surface area (Å²) in [6.45, 7) is 8.02. The summed E-state index contributed by atoms with van der Waals surface area (Å²) in [5.74, 6) is -0.136. The van der Waals surface area contributed by atoms with Gasteiger partial charge in [-0.2, -0.15) is 0 Å². The summed E-state index contributed by atoms with van der Waals surface area (Å²) in [6.07, 6.45) is 0. The van der Waals surface area contributed by atoms with Crippen molar-refractivity contribution in [2.24, 2.45) is 0 Å². The minimum atomic E-state index is -0.180. The molecule has 0 heterocycles. The van der Waals surface area contributed by atoms with Crippen LogP contribution in [0.3, 0.4) is 0 Å². The van der Waals surface area contributed by atoms with Gasteiger partial charge in [-0.05, 0) is 46.6 Å². The Hall–Kier alpha value is -1.10. The van der Waals surface area contributed by atoms with Gasteiger partial charge in [0, 0.05) is 29.7 Å². The van der Waals surface area contributed by atoms with Crippen LogP contribution in [0.4, 0.5) is 0 Å². The molecule has 0 aromatic heterocycles. The zero-order valence-electron chi connectivity index (χ0n) is 13.5. The Labute approximate surface area is 132 Å². The van der Waals surface area contributed by atoms with Crippen molar-refractivity contribution in [2.45, 2.75) is 33.4 Å². The van der Waals surface area contributed by atoms with Gasteiger partial charge in [0.2, 0.25) is 0 Å². The van der Waals surface area contributed by atoms with Crippen LogP contribution >= 0.6 is 11.6 Å². The average molecular weight is 313 g/mol. The van der Waals surface area contributed by atoms with Gasteiger partial charge in [-0.1, -0.05) is 18.5 Å². The zero-order chi connectivity index (χ0) is 16.2. The van der Waals surface area contributed by atoms with Gasteiger partial charge >= 0.3 is 0 Å². The van der Waals surface area contributed by atoms with Crippen molar-refractivity contribution in [3.63, 3.8) is 0 Å². The molecule has 0 aliphatic rings. The molecule has 4 nitrogen and oxygen atoms in total. The second kappa shape index (κ2) is 7.78. The lowest BCUT2D eigenvalue weighted by atomic mass is 10.0. The highest BCUT2D eigenvalue weighted by Crippen LogP contribution is 2.29. The number of likely N-dealkylation sites (N-methyl/N-ethyl adjacent to an activating group) is 2. The van der Waals surface area contributed by atoms with Crippen LogP contribution < -0.4 is 0 Å². The quantitative estimate of drug-likeness (QED) is 0.786. The molecule has 1 rings (SSSR count). The SMILES string of the molecule is CCN(Cc1cc(Cl)cc(C(C)=O)c1O)C(C)CN(C)C. The molecule has 21 heavy (non-hydrogen) atoms. The van der Waals surface area contributed by atoms with Gasteiger partial charge in [-0.15, -0.1) is 0 Å². The lowest BCUT2D eigenvalue weighted by Gasteiger charge is -2.30. The standard InChI is InChI=1S/C16H25ClN2O2/c1-6-19(11(2)9-18(4)5)10-13-7-14(17)8-15(12(3)20)16(13)21/h7-8,11,21H,6,9-10H2,1-5H3. The van der Waals surface area contributed by atoms with Crippen LogP contribution in [0, 0.1) is 0 Å². The molecule has 0 bridgehead atoms. The Balaban J connectivity index is 3.02. The maximum Gasteiger partial charge on any atom is 0.163 e. The Morgan fingerprint density at radius 1 is 1.38 bits per heavy atom. The van der Waals surface area contributed by atoms with E-state index in [1.54, 1.807) is 6.07 Å². The fraction of sp³-hybridized carbons (Fsp3) is 0.562. The number of nitrogens with zero attached hydrogens (tertiary/aromatic N) is 2. The van der Waals surface area contributed by atoms with Crippen molar-refractivity contribution in [1.29, 1.82) is 0 Å². The summed E-state index contributed by atoms with van der Waals surface area (Å²) < 4.78 is 0. The summed E-state index contributed by atoms with van der Waals surface area (Å²) in [5.41, 5.74) is 0.981. The van der Waals surface area contributed by atoms with E-state index in [2.05, 4.69) is 23.6 Å². The summed E-state index contributed by atoms with van der Waals surface area (Å²) in [5, 5.41) is 10.8. The molecule has 1 atom stereocenters. The minimum Gasteiger partial charge on any atom is -0.507 e. The predicted octanol–water partition coefficient (Wildman–Crippen LogP) is 3.02. The number of hydrogen-bond donors (Lipinski definition) is 1. The van der Waals surface area contributed by atoms with Gasteiger partial charge in [-0.3, -0.25) is 9.69 Å². The van der Waals surface area contributed by atoms with Gasteiger partial charge in [0.15, 0.2) is 5.78 Å². The van der Waals surface area contributed by atoms with E-state index < -0.39 is 0 Å². The number of carbonyl (C=O) groups excluding carboxylic acids is 1. The van der Waals surface area contributed by atoms with Crippen LogP contribution in [-0.2, 0) is 6.54 Å². The first-order valence-corrected chi connectivity index (χ1v) is 7.55. The van der Waals surface area contributed by atoms with E-state index in [9.17, 15) is 9.90 Å². The first-order valence-electron chi connectivity index (χ1n) is 7.17. The molecule has 0 saturated carbocycles. The molecule has 0 spiro atoms. The fourth-order valence-corrected chi connectivity index (χ4v) is 2.73. The molecule has 1 N–H and O–H groups in total. The Bertz CT molecular complexity index is 503. The van der Waals surface area contributed by atoms with E-state index in [0.717, 1.165) is 13.1 Å². The van der Waals surface area contributed by atoms with Crippen molar-refractivity contribution in [3.8, 4) is 5.75 Å². The number of aromatic hydroxyl groups is 1. The summed E-state index contributed by atoms with van der Waals surface area (Å²) in [7, 11) is 4.07. The third-order valence-electron chi connectivity index (χ3n) is 3.57. The first kappa shape index (κ1) is 18.0. The van der Waals surface area contributed by atoms with E-state index in [-0.39, 0.29) is 17.1 Å². The van der Waals surface area contributed by atoms with E-state index in [0.29, 0.717) is 23.2 Å². The second-order valence-corrected chi connectivity index (χ2v) is 6.13. The Kier molecular flexibility index (Phi) is 6.65. The van der Waals surface area contributed by atoms with E-state index in [1.165, 1.54) is 13.0 Å². The van der Waals surface area contributed by atoms with Crippen molar-refractivity contribution < 1.29 is 9.90 Å². The van der Waals surface area contributed by atoms with Crippen LogP contribution in [0.15, 0.2) is 12.1 Å². The van der Waals surface area contributed by atoms with Crippen LogP contribution in [0.1, 0.15) is 36.7 Å². The van der Waals surface area contributed by atoms with Crippen LogP contribution in [0.2, 0.25) is 5.02 Å². The summed E-state index contributed by atoms with van der Waals surface area (Å²) >= 11 is 6.07. The smallest absolute Gasteiger partial charge is 0.163 e. The number of carbonyl (C=O) groups is 1. The predicted molar refractivity (Wildman–Crippen MR) is 87.2 cm³/mol.